The van der Waals surface area contributed by atoms with Gasteiger partial charge in [0.05, 0.1) is 19.1 Å². The fourth-order valence-electron chi connectivity index (χ4n) is 2.66. The van der Waals surface area contributed by atoms with Crippen LogP contribution in [0.25, 0.3) is 0 Å². The Morgan fingerprint density at radius 1 is 0.875 bits per heavy atom. The molecule has 5 atom stereocenters. The molecule has 0 saturated carbocycles. The van der Waals surface area contributed by atoms with Crippen molar-refractivity contribution >= 4 is 29.7 Å². The van der Waals surface area contributed by atoms with E-state index in [1.54, 1.807) is 6.92 Å². The molecule has 13 nitrogen and oxygen atoms in total. The molecule has 0 spiro atoms. The summed E-state index contributed by atoms with van der Waals surface area (Å²) < 4.78 is 0. The second-order valence-corrected chi connectivity index (χ2v) is 7.50. The van der Waals surface area contributed by atoms with Crippen molar-refractivity contribution in [3.63, 3.8) is 0 Å². The standard InChI is InChI=1S/C19H35N5O8/c1-3-10(2)15(21)18(30)22-11(6-4-5-7-20)16(28)24-13(9-25)17(29)23-12(19(31)32)8-14(26)27/h10-13,15,25H,3-9,20-21H2,1-2H3,(H,22,30)(H,23,29)(H,24,28)(H,26,27)(H,31,32). The molecule has 0 heterocycles. The van der Waals surface area contributed by atoms with Crippen LogP contribution in [0.15, 0.2) is 0 Å². The van der Waals surface area contributed by atoms with Gasteiger partial charge in [-0.3, -0.25) is 19.2 Å². The molecular formula is C19H35N5O8. The maximum absolute atomic E-state index is 12.7. The number of nitrogens with one attached hydrogen (secondary N) is 3. The number of amides is 3. The van der Waals surface area contributed by atoms with Gasteiger partial charge in [0.25, 0.3) is 0 Å². The van der Waals surface area contributed by atoms with Crippen molar-refractivity contribution < 1.29 is 39.3 Å². The highest BCUT2D eigenvalue weighted by Gasteiger charge is 2.31. The Labute approximate surface area is 186 Å². The third-order valence-corrected chi connectivity index (χ3v) is 4.95. The highest BCUT2D eigenvalue weighted by Crippen LogP contribution is 2.08. The van der Waals surface area contributed by atoms with Crippen molar-refractivity contribution in [2.75, 3.05) is 13.2 Å². The molecule has 0 aromatic carbocycles. The molecule has 0 aromatic rings. The van der Waals surface area contributed by atoms with E-state index in [1.165, 1.54) is 0 Å². The molecule has 0 aliphatic heterocycles. The van der Waals surface area contributed by atoms with Gasteiger partial charge in [-0.15, -0.1) is 0 Å². The zero-order valence-electron chi connectivity index (χ0n) is 18.4. The summed E-state index contributed by atoms with van der Waals surface area (Å²) in [6.45, 7) is 3.14. The molecule has 0 bridgehead atoms. The molecule has 0 aliphatic rings. The van der Waals surface area contributed by atoms with Crippen LogP contribution in [0.5, 0.6) is 0 Å². The Balaban J connectivity index is 5.29. The second-order valence-electron chi connectivity index (χ2n) is 7.50. The average Bonchev–Trinajstić information content (AvgIpc) is 2.74. The number of carbonyl (C=O) groups is 5. The minimum absolute atomic E-state index is 0.138. The highest BCUT2D eigenvalue weighted by atomic mass is 16.4. The van der Waals surface area contributed by atoms with Crippen molar-refractivity contribution in [1.82, 2.24) is 16.0 Å². The lowest BCUT2D eigenvalue weighted by molar-refractivity contribution is -0.147. The number of nitrogens with two attached hydrogens (primary N) is 2. The van der Waals surface area contributed by atoms with Crippen molar-refractivity contribution in [3.8, 4) is 0 Å². The third-order valence-electron chi connectivity index (χ3n) is 4.95. The molecule has 0 rings (SSSR count). The number of hydrogen-bond donors (Lipinski definition) is 8. The van der Waals surface area contributed by atoms with Gasteiger partial charge in [-0.1, -0.05) is 20.3 Å². The van der Waals surface area contributed by atoms with Crippen LogP contribution in [0.4, 0.5) is 0 Å². The van der Waals surface area contributed by atoms with Gasteiger partial charge in [0.15, 0.2) is 0 Å². The van der Waals surface area contributed by atoms with Crippen LogP contribution in [-0.4, -0.2) is 82.3 Å². The molecule has 13 heteroatoms. The number of carbonyl (C=O) groups excluding carboxylic acids is 3. The van der Waals surface area contributed by atoms with E-state index < -0.39 is 66.9 Å². The zero-order valence-corrected chi connectivity index (χ0v) is 18.4. The summed E-state index contributed by atoms with van der Waals surface area (Å²) in [6.07, 6.45) is 1.02. The molecule has 10 N–H and O–H groups in total. The van der Waals surface area contributed by atoms with E-state index in [0.29, 0.717) is 25.8 Å². The first kappa shape index (κ1) is 29.2. The Bertz CT molecular complexity index is 660. The van der Waals surface area contributed by atoms with E-state index >= 15 is 0 Å². The van der Waals surface area contributed by atoms with Gasteiger partial charge >= 0.3 is 11.9 Å². The number of carboxylic acids is 2. The van der Waals surface area contributed by atoms with Crippen molar-refractivity contribution in [2.45, 2.75) is 70.1 Å². The van der Waals surface area contributed by atoms with Gasteiger partial charge in [0.1, 0.15) is 18.1 Å². The van der Waals surface area contributed by atoms with Gasteiger partial charge < -0.3 is 42.7 Å². The van der Waals surface area contributed by atoms with Crippen LogP contribution in [0.2, 0.25) is 0 Å². The van der Waals surface area contributed by atoms with Gasteiger partial charge in [-0.25, -0.2) is 4.79 Å². The Kier molecular flexibility index (Phi) is 13.8. The molecule has 0 radical (unpaired) electrons. The molecule has 0 saturated heterocycles. The van der Waals surface area contributed by atoms with Crippen LogP contribution < -0.4 is 27.4 Å². The van der Waals surface area contributed by atoms with Gasteiger partial charge in [-0.05, 0) is 31.7 Å². The first-order valence-corrected chi connectivity index (χ1v) is 10.4. The highest BCUT2D eigenvalue weighted by molar-refractivity contribution is 5.94. The SMILES string of the molecule is CCC(C)C(N)C(=O)NC(CCCCN)C(=O)NC(CO)C(=O)NC(CC(=O)O)C(=O)O. The first-order valence-electron chi connectivity index (χ1n) is 10.4. The van der Waals surface area contributed by atoms with Crippen molar-refractivity contribution in [3.05, 3.63) is 0 Å². The maximum Gasteiger partial charge on any atom is 0.326 e. The Morgan fingerprint density at radius 2 is 1.41 bits per heavy atom. The smallest absolute Gasteiger partial charge is 0.326 e. The van der Waals surface area contributed by atoms with Crippen LogP contribution in [0.1, 0.15) is 46.0 Å². The monoisotopic (exact) mass is 461 g/mol. The predicted octanol–water partition coefficient (Wildman–Crippen LogP) is -2.51. The van der Waals surface area contributed by atoms with E-state index in [2.05, 4.69) is 10.6 Å². The summed E-state index contributed by atoms with van der Waals surface area (Å²) in [6, 6.07) is -5.23. The first-order chi connectivity index (χ1) is 15.0. The predicted molar refractivity (Wildman–Crippen MR) is 113 cm³/mol. The molecular weight excluding hydrogens is 426 g/mol. The Morgan fingerprint density at radius 3 is 1.88 bits per heavy atom. The van der Waals surface area contributed by atoms with Gasteiger partial charge in [0, 0.05) is 0 Å². The summed E-state index contributed by atoms with van der Waals surface area (Å²) >= 11 is 0. The minimum atomic E-state index is -1.75. The second kappa shape index (κ2) is 15.1. The number of aliphatic hydroxyl groups is 1. The summed E-state index contributed by atoms with van der Waals surface area (Å²) in [4.78, 5) is 59.3. The number of aliphatic hydroxyl groups excluding tert-OH is 1. The topological polar surface area (TPSA) is 234 Å². The fraction of sp³-hybridized carbons (Fsp3) is 0.737. The fourth-order valence-corrected chi connectivity index (χ4v) is 2.66. The third kappa shape index (κ3) is 10.5. The number of unbranched alkanes of at least 4 members (excludes halogenated alkanes) is 1. The summed E-state index contributed by atoms with van der Waals surface area (Å²) in [7, 11) is 0. The Hall–Kier alpha value is -2.77. The van der Waals surface area contributed by atoms with Crippen LogP contribution in [0, 0.1) is 5.92 Å². The van der Waals surface area contributed by atoms with Crippen LogP contribution in [-0.2, 0) is 24.0 Å². The van der Waals surface area contributed by atoms with Crippen molar-refractivity contribution in [2.24, 2.45) is 17.4 Å². The molecule has 0 aromatic heterocycles. The normalized spacial score (nSPS) is 15.5. The lowest BCUT2D eigenvalue weighted by Crippen LogP contribution is -2.58. The number of carboxylic acid groups (broad SMARTS) is 2. The minimum Gasteiger partial charge on any atom is -0.481 e. The maximum atomic E-state index is 12.7. The van der Waals surface area contributed by atoms with E-state index in [1.807, 2.05) is 12.2 Å². The van der Waals surface area contributed by atoms with Crippen LogP contribution >= 0.6 is 0 Å². The average molecular weight is 462 g/mol. The molecule has 0 aliphatic carbocycles. The van der Waals surface area contributed by atoms with E-state index in [4.69, 9.17) is 21.7 Å². The lowest BCUT2D eigenvalue weighted by atomic mass is 9.98. The summed E-state index contributed by atoms with van der Waals surface area (Å²) in [5, 5.41) is 34.0. The van der Waals surface area contributed by atoms with E-state index in [0.717, 1.165) is 0 Å². The zero-order chi connectivity index (χ0) is 24.8. The van der Waals surface area contributed by atoms with Crippen molar-refractivity contribution in [1.29, 1.82) is 0 Å². The van der Waals surface area contributed by atoms with Gasteiger partial charge in [0.2, 0.25) is 17.7 Å². The number of rotatable bonds is 16. The molecule has 5 unspecified atom stereocenters. The number of hydrogen-bond acceptors (Lipinski definition) is 8. The van der Waals surface area contributed by atoms with E-state index in [-0.39, 0.29) is 12.3 Å². The van der Waals surface area contributed by atoms with Crippen LogP contribution in [0.3, 0.4) is 0 Å². The molecule has 3 amide bonds. The number of aliphatic carboxylic acids is 2. The molecule has 0 fully saturated rings. The summed E-state index contributed by atoms with van der Waals surface area (Å²) in [5.74, 6) is -5.60. The largest absolute Gasteiger partial charge is 0.481 e. The van der Waals surface area contributed by atoms with E-state index in [9.17, 15) is 29.1 Å². The van der Waals surface area contributed by atoms with Gasteiger partial charge in [-0.2, -0.15) is 0 Å². The molecule has 184 valence electrons. The quantitative estimate of drug-likeness (QED) is 0.112. The summed E-state index contributed by atoms with van der Waals surface area (Å²) in [5.41, 5.74) is 11.4. The molecule has 32 heavy (non-hydrogen) atoms. The lowest BCUT2D eigenvalue weighted by Gasteiger charge is -2.25.